The van der Waals surface area contributed by atoms with Gasteiger partial charge in [0.05, 0.1) is 24.3 Å². The quantitative estimate of drug-likeness (QED) is 0.862. The number of carbonyl (C=O) groups is 1. The van der Waals surface area contributed by atoms with Crippen molar-refractivity contribution in [3.05, 3.63) is 35.4 Å². The maximum atomic E-state index is 12.8. The van der Waals surface area contributed by atoms with Crippen LogP contribution < -0.4 is 0 Å². The Morgan fingerprint density at radius 2 is 2.05 bits per heavy atom. The lowest BCUT2D eigenvalue weighted by atomic mass is 10.1. The fourth-order valence-corrected chi connectivity index (χ4v) is 2.38. The maximum absolute atomic E-state index is 12.8. The molecule has 2 rings (SSSR count). The van der Waals surface area contributed by atoms with Gasteiger partial charge in [0.15, 0.2) is 0 Å². The molecule has 0 N–H and O–H groups in total. The van der Waals surface area contributed by atoms with E-state index >= 15 is 0 Å². The Hall–Kier alpha value is -2.07. The van der Waals surface area contributed by atoms with Gasteiger partial charge in [0.1, 0.15) is 6.54 Å². The van der Waals surface area contributed by atoms with E-state index in [0.717, 1.165) is 4.90 Å². The first-order chi connectivity index (χ1) is 10.4. The van der Waals surface area contributed by atoms with E-state index in [4.69, 9.17) is 10.00 Å². The third-order valence-corrected chi connectivity index (χ3v) is 3.45. The second-order valence-electron chi connectivity index (χ2n) is 5.11. The molecule has 4 nitrogen and oxygen atoms in total. The van der Waals surface area contributed by atoms with Crippen LogP contribution in [-0.2, 0) is 4.74 Å². The van der Waals surface area contributed by atoms with Gasteiger partial charge in [0.25, 0.3) is 5.91 Å². The lowest BCUT2D eigenvalue weighted by Gasteiger charge is -2.34. The summed E-state index contributed by atoms with van der Waals surface area (Å²) < 4.78 is 43.5. The Morgan fingerprint density at radius 1 is 1.36 bits per heavy atom. The maximum Gasteiger partial charge on any atom is 0.406 e. The van der Waals surface area contributed by atoms with Crippen molar-refractivity contribution in [1.29, 1.82) is 5.26 Å². The van der Waals surface area contributed by atoms with Crippen LogP contribution in [0.5, 0.6) is 0 Å². The molecule has 1 aromatic rings. The summed E-state index contributed by atoms with van der Waals surface area (Å²) in [4.78, 5) is 13.2. The predicted octanol–water partition coefficient (Wildman–Crippen LogP) is 2.74. The second kappa shape index (κ2) is 6.79. The van der Waals surface area contributed by atoms with Gasteiger partial charge in [-0.05, 0) is 37.1 Å². The average molecular weight is 312 g/mol. The third-order valence-electron chi connectivity index (χ3n) is 3.45. The monoisotopic (exact) mass is 312 g/mol. The topological polar surface area (TPSA) is 53.3 Å². The normalized spacial score (nSPS) is 18.5. The number of nitriles is 1. The molecule has 118 valence electrons. The second-order valence-corrected chi connectivity index (χ2v) is 5.11. The molecule has 0 aromatic heterocycles. The average Bonchev–Trinajstić information content (AvgIpc) is 2.52. The van der Waals surface area contributed by atoms with Gasteiger partial charge in [-0.2, -0.15) is 18.4 Å². The van der Waals surface area contributed by atoms with Gasteiger partial charge in [-0.25, -0.2) is 0 Å². The number of hydrogen-bond acceptors (Lipinski definition) is 3. The third kappa shape index (κ3) is 4.21. The Labute approximate surface area is 126 Å². The minimum Gasteiger partial charge on any atom is -0.379 e. The highest BCUT2D eigenvalue weighted by Gasteiger charge is 2.37. The van der Waals surface area contributed by atoms with E-state index in [0.29, 0.717) is 25.0 Å². The molecule has 0 aliphatic carbocycles. The van der Waals surface area contributed by atoms with Crippen molar-refractivity contribution in [3.63, 3.8) is 0 Å². The summed E-state index contributed by atoms with van der Waals surface area (Å²) >= 11 is 0. The highest BCUT2D eigenvalue weighted by atomic mass is 19.4. The van der Waals surface area contributed by atoms with Gasteiger partial charge in [-0.3, -0.25) is 4.79 Å². The number of carbonyl (C=O) groups excluding carboxylic acids is 1. The zero-order chi connectivity index (χ0) is 16.2. The number of nitrogens with zero attached hydrogens (tertiary/aromatic N) is 2. The van der Waals surface area contributed by atoms with Crippen molar-refractivity contribution in [1.82, 2.24) is 4.90 Å². The molecule has 0 unspecified atom stereocenters. The molecule has 1 saturated heterocycles. The fraction of sp³-hybridized carbons (Fsp3) is 0.467. The Balaban J connectivity index is 2.22. The summed E-state index contributed by atoms with van der Waals surface area (Å²) in [6, 6.07) is 6.88. The van der Waals surface area contributed by atoms with Crippen molar-refractivity contribution in [2.24, 2.45) is 0 Å². The van der Waals surface area contributed by atoms with Crippen LogP contribution in [-0.4, -0.2) is 42.8 Å². The van der Waals surface area contributed by atoms with Crippen molar-refractivity contribution in [3.8, 4) is 6.07 Å². The largest absolute Gasteiger partial charge is 0.406 e. The van der Waals surface area contributed by atoms with E-state index in [-0.39, 0.29) is 12.2 Å². The van der Waals surface area contributed by atoms with Crippen LogP contribution in [0.15, 0.2) is 24.3 Å². The molecule has 1 amide bonds. The number of halogens is 3. The molecule has 22 heavy (non-hydrogen) atoms. The van der Waals surface area contributed by atoms with Crippen molar-refractivity contribution in [2.45, 2.75) is 25.1 Å². The number of alkyl halides is 3. The van der Waals surface area contributed by atoms with Crippen LogP contribution >= 0.6 is 0 Å². The lowest BCUT2D eigenvalue weighted by Crippen LogP contribution is -2.49. The first kappa shape index (κ1) is 16.3. The van der Waals surface area contributed by atoms with Crippen LogP contribution in [0.3, 0.4) is 0 Å². The Kier molecular flexibility index (Phi) is 5.03. The minimum absolute atomic E-state index is 0.109. The predicted molar refractivity (Wildman–Crippen MR) is 72.1 cm³/mol. The van der Waals surface area contributed by atoms with Crippen molar-refractivity contribution < 1.29 is 22.7 Å². The molecule has 1 fully saturated rings. The van der Waals surface area contributed by atoms with Gasteiger partial charge in [0, 0.05) is 12.2 Å². The summed E-state index contributed by atoms with van der Waals surface area (Å²) in [5, 5.41) is 8.72. The molecular weight excluding hydrogens is 297 g/mol. The molecule has 0 radical (unpaired) electrons. The highest BCUT2D eigenvalue weighted by Crippen LogP contribution is 2.23. The number of hydrogen-bond donors (Lipinski definition) is 0. The van der Waals surface area contributed by atoms with Crippen molar-refractivity contribution >= 4 is 5.91 Å². The molecule has 1 aliphatic rings. The molecule has 0 bridgehead atoms. The van der Waals surface area contributed by atoms with Gasteiger partial charge >= 0.3 is 6.18 Å². The van der Waals surface area contributed by atoms with E-state index in [9.17, 15) is 18.0 Å². The summed E-state index contributed by atoms with van der Waals surface area (Å²) in [6.07, 6.45) is -3.36. The van der Waals surface area contributed by atoms with E-state index in [1.54, 1.807) is 0 Å². The number of benzene rings is 1. The molecule has 1 aromatic carbocycles. The zero-order valence-electron chi connectivity index (χ0n) is 11.8. The molecule has 1 heterocycles. The summed E-state index contributed by atoms with van der Waals surface area (Å²) in [5.41, 5.74) is 0.480. The first-order valence-electron chi connectivity index (χ1n) is 6.86. The Bertz CT molecular complexity index is 558. The van der Waals surface area contributed by atoms with Crippen LogP contribution in [0, 0.1) is 11.3 Å². The van der Waals surface area contributed by atoms with Gasteiger partial charge in [0.2, 0.25) is 0 Å². The molecular formula is C15H15F3N2O2. The SMILES string of the molecule is N#Cc1ccc(C(=O)N(CC(F)(F)F)[C@H]2CCCOC2)cc1. The molecule has 0 spiro atoms. The Morgan fingerprint density at radius 3 is 2.55 bits per heavy atom. The van der Waals surface area contributed by atoms with Gasteiger partial charge < -0.3 is 9.64 Å². The van der Waals surface area contributed by atoms with Crippen LogP contribution in [0.2, 0.25) is 0 Å². The first-order valence-corrected chi connectivity index (χ1v) is 6.86. The van der Waals surface area contributed by atoms with Crippen molar-refractivity contribution in [2.75, 3.05) is 19.8 Å². The van der Waals surface area contributed by atoms with E-state index < -0.39 is 24.7 Å². The molecule has 1 atom stereocenters. The van der Waals surface area contributed by atoms with E-state index in [1.165, 1.54) is 24.3 Å². The summed E-state index contributed by atoms with van der Waals surface area (Å²) in [6.45, 7) is -0.695. The number of amides is 1. The summed E-state index contributed by atoms with van der Waals surface area (Å²) in [5.74, 6) is -0.697. The van der Waals surface area contributed by atoms with Crippen LogP contribution in [0.4, 0.5) is 13.2 Å². The molecule has 0 saturated carbocycles. The molecule has 1 aliphatic heterocycles. The van der Waals surface area contributed by atoms with E-state index in [2.05, 4.69) is 0 Å². The zero-order valence-corrected chi connectivity index (χ0v) is 11.8. The van der Waals surface area contributed by atoms with Crippen LogP contribution in [0.25, 0.3) is 0 Å². The standard InChI is InChI=1S/C15H15F3N2O2/c16-15(17,18)10-20(13-2-1-7-22-9-13)14(21)12-5-3-11(8-19)4-6-12/h3-6,13H,1-2,7,9-10H2/t13-/m0/s1. The van der Waals surface area contributed by atoms with E-state index in [1.807, 2.05) is 6.07 Å². The smallest absolute Gasteiger partial charge is 0.379 e. The van der Waals surface area contributed by atoms with Crippen LogP contribution in [0.1, 0.15) is 28.8 Å². The summed E-state index contributed by atoms with van der Waals surface area (Å²) in [7, 11) is 0. The lowest BCUT2D eigenvalue weighted by molar-refractivity contribution is -0.148. The fourth-order valence-electron chi connectivity index (χ4n) is 2.38. The highest BCUT2D eigenvalue weighted by molar-refractivity contribution is 5.94. The van der Waals surface area contributed by atoms with Gasteiger partial charge in [-0.15, -0.1) is 0 Å². The molecule has 7 heteroatoms. The number of ether oxygens (including phenoxy) is 1. The number of rotatable bonds is 3. The van der Waals surface area contributed by atoms with Gasteiger partial charge in [-0.1, -0.05) is 0 Å². The minimum atomic E-state index is -4.47.